The smallest absolute Gasteiger partial charge is 0.123 e. The van der Waals surface area contributed by atoms with E-state index >= 15 is 0 Å². The molecule has 2 heterocycles. The maximum atomic E-state index is 13.3. The van der Waals surface area contributed by atoms with Gasteiger partial charge < -0.3 is 4.90 Å². The normalized spacial score (nSPS) is 16.0. The molecule has 3 aromatic rings. The van der Waals surface area contributed by atoms with E-state index in [0.717, 1.165) is 63.2 Å². The number of halogens is 1. The molecule has 4 heteroatoms. The van der Waals surface area contributed by atoms with Crippen molar-refractivity contribution in [3.63, 3.8) is 0 Å². The summed E-state index contributed by atoms with van der Waals surface area (Å²) in [6, 6.07) is 17.5. The van der Waals surface area contributed by atoms with Gasteiger partial charge in [0, 0.05) is 44.3 Å². The van der Waals surface area contributed by atoms with Crippen molar-refractivity contribution in [1.29, 1.82) is 0 Å². The number of hydrogen-bond acceptors (Lipinski definition) is 3. The molecule has 0 N–H and O–H groups in total. The van der Waals surface area contributed by atoms with Crippen molar-refractivity contribution in [1.82, 2.24) is 14.8 Å². The van der Waals surface area contributed by atoms with Crippen LogP contribution >= 0.6 is 0 Å². The summed E-state index contributed by atoms with van der Waals surface area (Å²) >= 11 is 0. The van der Waals surface area contributed by atoms with E-state index in [1.165, 1.54) is 17.0 Å². The van der Waals surface area contributed by atoms with Gasteiger partial charge in [-0.1, -0.05) is 30.3 Å². The van der Waals surface area contributed by atoms with Crippen LogP contribution in [-0.4, -0.2) is 47.5 Å². The van der Waals surface area contributed by atoms with Crippen molar-refractivity contribution in [3.05, 3.63) is 77.7 Å². The Morgan fingerprint density at radius 3 is 2.52 bits per heavy atom. The minimum absolute atomic E-state index is 0.144. The Morgan fingerprint density at radius 2 is 1.67 bits per heavy atom. The molecule has 2 aromatic carbocycles. The van der Waals surface area contributed by atoms with Crippen LogP contribution in [0.15, 0.2) is 60.8 Å². The summed E-state index contributed by atoms with van der Waals surface area (Å²) in [5, 5.41) is 1.22. The molecule has 1 fully saturated rings. The second kappa shape index (κ2) is 8.59. The van der Waals surface area contributed by atoms with Gasteiger partial charge in [-0.3, -0.25) is 9.88 Å². The van der Waals surface area contributed by atoms with E-state index in [1.807, 2.05) is 18.3 Å². The molecule has 27 heavy (non-hydrogen) atoms. The first-order chi connectivity index (χ1) is 13.3. The number of rotatable bonds is 6. The third-order valence-corrected chi connectivity index (χ3v) is 5.35. The van der Waals surface area contributed by atoms with Crippen molar-refractivity contribution < 1.29 is 4.39 Å². The second-order valence-corrected chi connectivity index (χ2v) is 7.39. The van der Waals surface area contributed by atoms with Gasteiger partial charge in [0.1, 0.15) is 5.82 Å². The molecule has 3 nitrogen and oxygen atoms in total. The predicted molar refractivity (Wildman–Crippen MR) is 108 cm³/mol. The molecule has 0 amide bonds. The highest BCUT2D eigenvalue weighted by Gasteiger charge is 2.16. The Labute approximate surface area is 160 Å². The van der Waals surface area contributed by atoms with Crippen molar-refractivity contribution in [2.75, 3.05) is 32.7 Å². The number of fused-ring (bicyclic) bond motifs is 1. The first-order valence-corrected chi connectivity index (χ1v) is 9.79. The third-order valence-electron chi connectivity index (χ3n) is 5.35. The molecule has 0 radical (unpaired) electrons. The molecule has 0 spiro atoms. The molecular weight excluding hydrogens is 337 g/mol. The zero-order chi connectivity index (χ0) is 18.5. The Morgan fingerprint density at radius 1 is 0.852 bits per heavy atom. The number of aromatic nitrogens is 1. The molecule has 1 aromatic heterocycles. The fraction of sp³-hybridized carbons (Fsp3) is 0.348. The monoisotopic (exact) mass is 363 g/mol. The van der Waals surface area contributed by atoms with E-state index in [0.29, 0.717) is 0 Å². The summed E-state index contributed by atoms with van der Waals surface area (Å²) in [5.74, 6) is -0.144. The van der Waals surface area contributed by atoms with Gasteiger partial charge in [0.05, 0.1) is 5.52 Å². The van der Waals surface area contributed by atoms with Crippen LogP contribution in [0.5, 0.6) is 0 Å². The number of aryl methyl sites for hydroxylation is 1. The number of hydrogen-bond donors (Lipinski definition) is 0. The summed E-state index contributed by atoms with van der Waals surface area (Å²) in [7, 11) is 0. The van der Waals surface area contributed by atoms with Crippen LogP contribution in [0.1, 0.15) is 17.5 Å². The highest BCUT2D eigenvalue weighted by atomic mass is 19.1. The summed E-state index contributed by atoms with van der Waals surface area (Å²) in [4.78, 5) is 9.51. The summed E-state index contributed by atoms with van der Waals surface area (Å²) in [6.45, 7) is 6.24. The quantitative estimate of drug-likeness (QED) is 0.657. The molecule has 0 saturated carbocycles. The van der Waals surface area contributed by atoms with Crippen LogP contribution in [0.3, 0.4) is 0 Å². The number of pyridine rings is 1. The van der Waals surface area contributed by atoms with Gasteiger partial charge in [-0.05, 0) is 54.8 Å². The summed E-state index contributed by atoms with van der Waals surface area (Å²) in [5.41, 5.74) is 3.45. The Kier molecular flexibility index (Phi) is 5.75. The number of piperazine rings is 1. The lowest BCUT2D eigenvalue weighted by Gasteiger charge is -2.34. The molecule has 140 valence electrons. The van der Waals surface area contributed by atoms with Crippen molar-refractivity contribution in [3.8, 4) is 0 Å². The third kappa shape index (κ3) is 4.90. The average Bonchev–Trinajstić information content (AvgIpc) is 2.69. The minimum atomic E-state index is -0.144. The Bertz CT molecular complexity index is 887. The predicted octanol–water partition coefficient (Wildman–Crippen LogP) is 4.12. The largest absolute Gasteiger partial charge is 0.301 e. The second-order valence-electron chi connectivity index (χ2n) is 7.39. The van der Waals surface area contributed by atoms with Gasteiger partial charge in [0.15, 0.2) is 0 Å². The van der Waals surface area contributed by atoms with Gasteiger partial charge >= 0.3 is 0 Å². The van der Waals surface area contributed by atoms with E-state index in [4.69, 9.17) is 0 Å². The molecule has 4 rings (SSSR count). The van der Waals surface area contributed by atoms with Crippen LogP contribution < -0.4 is 0 Å². The van der Waals surface area contributed by atoms with Crippen LogP contribution in [0.2, 0.25) is 0 Å². The van der Waals surface area contributed by atoms with Crippen molar-refractivity contribution in [2.45, 2.75) is 19.4 Å². The molecule has 1 aliphatic heterocycles. The first kappa shape index (κ1) is 18.1. The van der Waals surface area contributed by atoms with Crippen LogP contribution in [0.4, 0.5) is 4.39 Å². The van der Waals surface area contributed by atoms with Crippen molar-refractivity contribution in [2.24, 2.45) is 0 Å². The van der Waals surface area contributed by atoms with Gasteiger partial charge in [-0.2, -0.15) is 0 Å². The van der Waals surface area contributed by atoms with Crippen LogP contribution in [0.25, 0.3) is 10.9 Å². The van der Waals surface area contributed by atoms with E-state index < -0.39 is 0 Å². The number of nitrogens with zero attached hydrogens (tertiary/aromatic N) is 3. The zero-order valence-corrected chi connectivity index (χ0v) is 15.6. The molecule has 1 aliphatic rings. The van der Waals surface area contributed by atoms with Gasteiger partial charge in [0.2, 0.25) is 0 Å². The topological polar surface area (TPSA) is 19.4 Å². The minimum Gasteiger partial charge on any atom is -0.301 e. The van der Waals surface area contributed by atoms with Gasteiger partial charge in [0.25, 0.3) is 0 Å². The molecule has 0 unspecified atom stereocenters. The standard InChI is InChI=1S/C23H26FN3/c24-22-8-3-5-20(16-22)18-27-13-11-26(12-14-27)10-4-6-19-15-21-7-1-2-9-23(21)25-17-19/h1-3,5,7-9,15-17H,4,6,10-14,18H2. The molecule has 0 aliphatic carbocycles. The van der Waals surface area contributed by atoms with Crippen LogP contribution in [0, 0.1) is 5.82 Å². The Hall–Kier alpha value is -2.30. The SMILES string of the molecule is Fc1cccc(CN2CCN(CCCc3cnc4ccccc4c3)CC2)c1. The van der Waals surface area contributed by atoms with Crippen LogP contribution in [-0.2, 0) is 13.0 Å². The average molecular weight is 363 g/mol. The lowest BCUT2D eigenvalue weighted by atomic mass is 10.1. The zero-order valence-electron chi connectivity index (χ0n) is 15.6. The fourth-order valence-corrected chi connectivity index (χ4v) is 3.82. The van der Waals surface area contributed by atoms with E-state index in [1.54, 1.807) is 12.1 Å². The lowest BCUT2D eigenvalue weighted by Crippen LogP contribution is -2.46. The van der Waals surface area contributed by atoms with Gasteiger partial charge in [-0.15, -0.1) is 0 Å². The molecule has 0 bridgehead atoms. The van der Waals surface area contributed by atoms with Gasteiger partial charge in [-0.25, -0.2) is 4.39 Å². The fourth-order valence-electron chi connectivity index (χ4n) is 3.82. The highest BCUT2D eigenvalue weighted by Crippen LogP contribution is 2.15. The Balaban J connectivity index is 1.21. The number of para-hydroxylation sites is 1. The van der Waals surface area contributed by atoms with E-state index in [9.17, 15) is 4.39 Å². The van der Waals surface area contributed by atoms with Crippen molar-refractivity contribution >= 4 is 10.9 Å². The maximum absolute atomic E-state index is 13.3. The maximum Gasteiger partial charge on any atom is 0.123 e. The molecule has 1 saturated heterocycles. The van der Waals surface area contributed by atoms with E-state index in [-0.39, 0.29) is 5.82 Å². The first-order valence-electron chi connectivity index (χ1n) is 9.79. The highest BCUT2D eigenvalue weighted by molar-refractivity contribution is 5.78. The molecular formula is C23H26FN3. The molecule has 0 atom stereocenters. The van der Waals surface area contributed by atoms with E-state index in [2.05, 4.69) is 39.0 Å². The lowest BCUT2D eigenvalue weighted by molar-refractivity contribution is 0.126. The summed E-state index contributed by atoms with van der Waals surface area (Å²) in [6.07, 6.45) is 4.24. The number of benzene rings is 2. The summed E-state index contributed by atoms with van der Waals surface area (Å²) < 4.78 is 13.3.